The van der Waals surface area contributed by atoms with Crippen molar-refractivity contribution >= 4 is 0 Å². The van der Waals surface area contributed by atoms with Crippen molar-refractivity contribution in [2.45, 2.75) is 19.4 Å². The Morgan fingerprint density at radius 1 is 1.39 bits per heavy atom. The fourth-order valence-corrected chi connectivity index (χ4v) is 2.07. The third kappa shape index (κ3) is 3.46. The Balaban J connectivity index is 2.10. The van der Waals surface area contributed by atoms with Crippen LogP contribution in [0.1, 0.15) is 11.1 Å². The van der Waals surface area contributed by atoms with Crippen molar-refractivity contribution in [1.82, 2.24) is 4.90 Å². The van der Waals surface area contributed by atoms with Gasteiger partial charge in [0, 0.05) is 18.7 Å². The molecule has 0 aliphatic carbocycles. The number of ether oxygens (including phenoxy) is 1. The van der Waals surface area contributed by atoms with Gasteiger partial charge in [0.15, 0.2) is 0 Å². The molecule has 0 unspecified atom stereocenters. The van der Waals surface area contributed by atoms with Gasteiger partial charge in [-0.2, -0.15) is 0 Å². The highest BCUT2D eigenvalue weighted by atomic mass is 19.3. The molecule has 2 rings (SSSR count). The lowest BCUT2D eigenvalue weighted by Gasteiger charge is -2.23. The lowest BCUT2D eigenvalue weighted by Crippen LogP contribution is -2.37. The third-order valence-corrected chi connectivity index (χ3v) is 2.92. The molecule has 0 bridgehead atoms. The molecule has 1 saturated heterocycles. The van der Waals surface area contributed by atoms with Gasteiger partial charge in [-0.05, 0) is 13.0 Å². The van der Waals surface area contributed by atoms with E-state index in [2.05, 4.69) is 0 Å². The molecular weight excluding hydrogens is 243 g/mol. The Hall–Kier alpha value is -1.07. The van der Waals surface area contributed by atoms with Crippen LogP contribution in [0.25, 0.3) is 0 Å². The number of hydrogen-bond acceptors (Lipinski definition) is 2. The first-order chi connectivity index (χ1) is 8.46. The number of benzene rings is 1. The Morgan fingerprint density at radius 2 is 2.17 bits per heavy atom. The molecule has 2 nitrogen and oxygen atoms in total. The van der Waals surface area contributed by atoms with Crippen molar-refractivity contribution in [3.63, 3.8) is 0 Å². The van der Waals surface area contributed by atoms with Crippen LogP contribution < -0.4 is 0 Å². The van der Waals surface area contributed by atoms with E-state index < -0.39 is 12.5 Å². The summed E-state index contributed by atoms with van der Waals surface area (Å²) in [6, 6.07) is 4.73. The minimum atomic E-state index is -2.86. The molecule has 1 heterocycles. The molecule has 5 heteroatoms. The van der Waals surface area contributed by atoms with Gasteiger partial charge >= 0.3 is 0 Å². The first kappa shape index (κ1) is 13.4. The van der Waals surface area contributed by atoms with Crippen LogP contribution >= 0.6 is 0 Å². The highest BCUT2D eigenvalue weighted by Crippen LogP contribution is 2.21. The predicted octanol–water partition coefficient (Wildman–Crippen LogP) is 2.60. The molecule has 0 N–H and O–H groups in total. The van der Waals surface area contributed by atoms with Gasteiger partial charge in [-0.15, -0.1) is 0 Å². The highest BCUT2D eigenvalue weighted by molar-refractivity contribution is 5.24. The molecule has 1 fully saturated rings. The van der Waals surface area contributed by atoms with E-state index in [1.54, 1.807) is 12.1 Å². The smallest absolute Gasteiger partial charge is 0.283 e. The van der Waals surface area contributed by atoms with Crippen LogP contribution in [0.15, 0.2) is 18.2 Å². The Morgan fingerprint density at radius 3 is 2.94 bits per heavy atom. The maximum absolute atomic E-state index is 13.6. The van der Waals surface area contributed by atoms with E-state index in [0.29, 0.717) is 12.1 Å². The fraction of sp³-hybridized carbons (Fsp3) is 0.538. The zero-order valence-electron chi connectivity index (χ0n) is 10.3. The summed E-state index contributed by atoms with van der Waals surface area (Å²) in [4.78, 5) is 1.53. The number of alkyl halides is 2. The van der Waals surface area contributed by atoms with Crippen molar-refractivity contribution in [2.24, 2.45) is 0 Å². The van der Waals surface area contributed by atoms with Crippen LogP contribution in [0, 0.1) is 12.7 Å². The summed E-state index contributed by atoms with van der Waals surface area (Å²) < 4.78 is 45.1. The zero-order valence-corrected chi connectivity index (χ0v) is 10.3. The van der Waals surface area contributed by atoms with Crippen molar-refractivity contribution in [1.29, 1.82) is 0 Å². The van der Waals surface area contributed by atoms with E-state index in [9.17, 15) is 13.2 Å². The number of rotatable bonds is 2. The van der Waals surface area contributed by atoms with E-state index in [-0.39, 0.29) is 25.5 Å². The van der Waals surface area contributed by atoms with E-state index in [0.717, 1.165) is 5.56 Å². The Kier molecular flexibility index (Phi) is 3.92. The lowest BCUT2D eigenvalue weighted by molar-refractivity contribution is -0.0690. The monoisotopic (exact) mass is 259 g/mol. The summed E-state index contributed by atoms with van der Waals surface area (Å²) in [6.45, 7) is 1.74. The summed E-state index contributed by atoms with van der Waals surface area (Å²) in [7, 11) is 0. The van der Waals surface area contributed by atoms with Gasteiger partial charge in [-0.1, -0.05) is 17.7 Å². The molecule has 0 amide bonds. The maximum Gasteiger partial charge on any atom is 0.283 e. The average molecular weight is 259 g/mol. The van der Waals surface area contributed by atoms with Gasteiger partial charge in [0.2, 0.25) is 0 Å². The standard InChI is InChI=1S/C13H16F3NO/c1-10-2-3-12(14)11(6-10)7-17-4-5-18-9-13(15,16)8-17/h2-3,6H,4-5,7-9H2,1H3. The molecule has 0 aromatic heterocycles. The summed E-state index contributed by atoms with van der Waals surface area (Å²) in [6.07, 6.45) is 0. The van der Waals surface area contributed by atoms with Gasteiger partial charge in [0.05, 0.1) is 13.2 Å². The number of halogens is 3. The summed E-state index contributed by atoms with van der Waals surface area (Å²) >= 11 is 0. The first-order valence-corrected chi connectivity index (χ1v) is 5.89. The van der Waals surface area contributed by atoms with E-state index in [1.807, 2.05) is 6.92 Å². The minimum absolute atomic E-state index is 0.187. The summed E-state index contributed by atoms with van der Waals surface area (Å²) in [5.41, 5.74) is 1.37. The molecule has 1 aromatic carbocycles. The van der Waals surface area contributed by atoms with Crippen LogP contribution in [0.2, 0.25) is 0 Å². The van der Waals surface area contributed by atoms with Crippen LogP contribution in [0.4, 0.5) is 13.2 Å². The van der Waals surface area contributed by atoms with Crippen molar-refractivity contribution in [3.05, 3.63) is 35.1 Å². The molecule has 1 aromatic rings. The second-order valence-electron chi connectivity index (χ2n) is 4.71. The lowest BCUT2D eigenvalue weighted by atomic mass is 10.1. The summed E-state index contributed by atoms with van der Waals surface area (Å²) in [5.74, 6) is -3.22. The van der Waals surface area contributed by atoms with E-state index in [4.69, 9.17) is 4.74 Å². The van der Waals surface area contributed by atoms with Crippen molar-refractivity contribution < 1.29 is 17.9 Å². The molecule has 18 heavy (non-hydrogen) atoms. The second-order valence-corrected chi connectivity index (χ2v) is 4.71. The van der Waals surface area contributed by atoms with Gasteiger partial charge in [-0.25, -0.2) is 13.2 Å². The molecule has 1 aliphatic heterocycles. The van der Waals surface area contributed by atoms with Gasteiger partial charge in [0.1, 0.15) is 12.4 Å². The Labute approximate surface area is 104 Å². The number of nitrogens with zero attached hydrogens (tertiary/aromatic N) is 1. The topological polar surface area (TPSA) is 12.5 Å². The van der Waals surface area contributed by atoms with Crippen LogP contribution in [0.5, 0.6) is 0 Å². The molecule has 0 spiro atoms. The normalized spacial score (nSPS) is 20.7. The largest absolute Gasteiger partial charge is 0.374 e. The van der Waals surface area contributed by atoms with E-state index in [1.165, 1.54) is 11.0 Å². The molecule has 0 radical (unpaired) electrons. The molecule has 0 saturated carbocycles. The minimum Gasteiger partial charge on any atom is -0.374 e. The van der Waals surface area contributed by atoms with Crippen LogP contribution in [0.3, 0.4) is 0 Å². The first-order valence-electron chi connectivity index (χ1n) is 5.89. The van der Waals surface area contributed by atoms with Gasteiger partial charge < -0.3 is 4.74 Å². The quantitative estimate of drug-likeness (QED) is 0.809. The highest BCUT2D eigenvalue weighted by Gasteiger charge is 2.34. The van der Waals surface area contributed by atoms with E-state index >= 15 is 0 Å². The van der Waals surface area contributed by atoms with Gasteiger partial charge in [-0.3, -0.25) is 4.90 Å². The average Bonchev–Trinajstić information content (AvgIpc) is 2.44. The van der Waals surface area contributed by atoms with Crippen LogP contribution in [-0.2, 0) is 11.3 Å². The molecule has 100 valence electrons. The zero-order chi connectivity index (χ0) is 13.2. The number of aryl methyl sites for hydroxylation is 1. The molecule has 1 aliphatic rings. The maximum atomic E-state index is 13.6. The third-order valence-electron chi connectivity index (χ3n) is 2.92. The van der Waals surface area contributed by atoms with Crippen LogP contribution in [-0.4, -0.2) is 37.1 Å². The fourth-order valence-electron chi connectivity index (χ4n) is 2.07. The van der Waals surface area contributed by atoms with Crippen molar-refractivity contribution in [2.75, 3.05) is 26.3 Å². The predicted molar refractivity (Wildman–Crippen MR) is 62.2 cm³/mol. The van der Waals surface area contributed by atoms with Gasteiger partial charge in [0.25, 0.3) is 5.92 Å². The SMILES string of the molecule is Cc1ccc(F)c(CN2CCOCC(F)(F)C2)c1. The molecule has 0 atom stereocenters. The Bertz CT molecular complexity index is 423. The number of hydrogen-bond donors (Lipinski definition) is 0. The molecular formula is C13H16F3NO. The second kappa shape index (κ2) is 5.28. The summed E-state index contributed by atoms with van der Waals surface area (Å²) in [5, 5.41) is 0. The van der Waals surface area contributed by atoms with Crippen molar-refractivity contribution in [3.8, 4) is 0 Å².